The Kier molecular flexibility index (Phi) is 6.64. The van der Waals surface area contributed by atoms with Crippen LogP contribution in [0.4, 0.5) is 0 Å². The minimum atomic E-state index is -1.60. The third-order valence-corrected chi connectivity index (χ3v) is 14.1. The molecule has 1 aromatic heterocycles. The molecule has 4 bridgehead atoms. The molecule has 4 heterocycles. The average molecular weight is 730 g/mol. The number of esters is 4. The lowest BCUT2D eigenvalue weighted by Gasteiger charge is -2.45. The summed E-state index contributed by atoms with van der Waals surface area (Å²) in [7, 11) is 0. The summed E-state index contributed by atoms with van der Waals surface area (Å²) in [6.45, 7) is 16.0. The highest BCUT2D eigenvalue weighted by molar-refractivity contribution is 9.08. The standard InChI is InChI=1S/C36H41BrO11/c1-17-18-10-11-20-21(22(18)43-25(38)19(17)16-37)23(44-28(41)35-14-12-33(8,26(39)47-35)31(35,4)5)24(30(2,3)46-20)45-29(42)36-15-13-34(9,27(40)48-36)32(36,6)7/h10-11,23-24H,12-16H2,1-9H3/t23-,24-,33-,34-,35-,36-/m1/s1. The molecule has 6 atom stereocenters. The second kappa shape index (κ2) is 9.63. The number of hydrogen-bond acceptors (Lipinski definition) is 11. The molecular formula is C36H41BrO11. The van der Waals surface area contributed by atoms with E-state index in [2.05, 4.69) is 15.9 Å². The van der Waals surface area contributed by atoms with Crippen LogP contribution in [0.25, 0.3) is 11.0 Å². The van der Waals surface area contributed by atoms with Crippen molar-refractivity contribution in [1.82, 2.24) is 0 Å². The summed E-state index contributed by atoms with van der Waals surface area (Å²) in [6, 6.07) is 3.47. The lowest BCUT2D eigenvalue weighted by atomic mass is 9.66. The second-order valence-corrected chi connectivity index (χ2v) is 16.7. The predicted molar refractivity (Wildman–Crippen MR) is 173 cm³/mol. The largest absolute Gasteiger partial charge is 0.483 e. The molecule has 2 saturated heterocycles. The van der Waals surface area contributed by atoms with Crippen molar-refractivity contribution < 1.29 is 47.3 Å². The highest BCUT2D eigenvalue weighted by atomic mass is 79.9. The molecular weight excluding hydrogens is 688 g/mol. The maximum atomic E-state index is 14.5. The molecule has 48 heavy (non-hydrogen) atoms. The van der Waals surface area contributed by atoms with Crippen LogP contribution in [0, 0.1) is 28.6 Å². The van der Waals surface area contributed by atoms with E-state index in [0.29, 0.717) is 29.4 Å². The molecule has 0 radical (unpaired) electrons. The molecule has 7 rings (SSSR count). The Hall–Kier alpha value is -3.41. The van der Waals surface area contributed by atoms with Crippen molar-refractivity contribution in [3.8, 4) is 5.75 Å². The molecule has 3 aliphatic heterocycles. The normalized spacial score (nSPS) is 36.3. The minimum absolute atomic E-state index is 0.115. The van der Waals surface area contributed by atoms with Crippen LogP contribution in [0.2, 0.25) is 0 Å². The van der Waals surface area contributed by atoms with Gasteiger partial charge in [-0.05, 0) is 78.0 Å². The number of alkyl halides is 1. The van der Waals surface area contributed by atoms with Crippen molar-refractivity contribution in [3.63, 3.8) is 0 Å². The average Bonchev–Trinajstić information content (AvgIpc) is 3.46. The van der Waals surface area contributed by atoms with Gasteiger partial charge in [-0.15, -0.1) is 0 Å². The molecule has 2 saturated carbocycles. The van der Waals surface area contributed by atoms with Gasteiger partial charge in [0.25, 0.3) is 0 Å². The van der Waals surface area contributed by atoms with E-state index in [-0.39, 0.29) is 35.1 Å². The van der Waals surface area contributed by atoms with E-state index in [1.807, 2.05) is 27.7 Å². The number of aryl methyl sites for hydroxylation is 1. The Morgan fingerprint density at radius 3 is 1.77 bits per heavy atom. The van der Waals surface area contributed by atoms with Gasteiger partial charge < -0.3 is 28.1 Å². The Balaban J connectivity index is 1.39. The zero-order valence-corrected chi connectivity index (χ0v) is 30.3. The number of carbonyl (C=O) groups excluding carboxylic acids is 4. The summed E-state index contributed by atoms with van der Waals surface area (Å²) >= 11 is 3.37. The molecule has 0 amide bonds. The highest BCUT2D eigenvalue weighted by Crippen LogP contribution is 2.67. The van der Waals surface area contributed by atoms with Crippen molar-refractivity contribution in [2.75, 3.05) is 0 Å². The van der Waals surface area contributed by atoms with Crippen molar-refractivity contribution in [3.05, 3.63) is 39.2 Å². The summed E-state index contributed by atoms with van der Waals surface area (Å²) in [5.74, 6) is -2.27. The molecule has 1 aromatic carbocycles. The monoisotopic (exact) mass is 728 g/mol. The van der Waals surface area contributed by atoms with E-state index in [0.717, 1.165) is 0 Å². The second-order valence-electron chi connectivity index (χ2n) is 16.2. The fraction of sp³-hybridized carbons (Fsp3) is 0.639. The van der Waals surface area contributed by atoms with Crippen LogP contribution in [0.3, 0.4) is 0 Å². The summed E-state index contributed by atoms with van der Waals surface area (Å²) in [4.78, 5) is 68.3. The summed E-state index contributed by atoms with van der Waals surface area (Å²) in [5.41, 5.74) is -7.30. The highest BCUT2D eigenvalue weighted by Gasteiger charge is 2.78. The van der Waals surface area contributed by atoms with Gasteiger partial charge >= 0.3 is 29.5 Å². The lowest BCUT2D eigenvalue weighted by molar-refractivity contribution is -0.217. The van der Waals surface area contributed by atoms with E-state index in [9.17, 15) is 24.0 Å². The summed E-state index contributed by atoms with van der Waals surface area (Å²) in [5, 5.41) is 0.834. The molecule has 11 nitrogen and oxygen atoms in total. The van der Waals surface area contributed by atoms with Gasteiger partial charge in [-0.3, -0.25) is 9.59 Å². The van der Waals surface area contributed by atoms with E-state index in [1.165, 1.54) is 0 Å². The zero-order chi connectivity index (χ0) is 35.2. The van der Waals surface area contributed by atoms with Crippen LogP contribution in [0.1, 0.15) is 104 Å². The van der Waals surface area contributed by atoms with Gasteiger partial charge in [-0.25, -0.2) is 14.4 Å². The SMILES string of the molecule is Cc1c(CBr)c(=O)oc2c3c(ccc12)OC(C)(C)[C@H](OC(=O)[C@@]12CC[C@](C)(C(=O)O1)C2(C)C)[C@@H]3OC(=O)[C@@]12CC[C@](C)(C(=O)O1)C2(C)C. The molecule has 12 heteroatoms. The van der Waals surface area contributed by atoms with Crippen molar-refractivity contribution in [2.45, 2.75) is 122 Å². The lowest BCUT2D eigenvalue weighted by Crippen LogP contribution is -2.57. The van der Waals surface area contributed by atoms with Crippen molar-refractivity contribution in [1.29, 1.82) is 0 Å². The maximum absolute atomic E-state index is 14.5. The smallest absolute Gasteiger partial charge is 0.351 e. The van der Waals surface area contributed by atoms with Gasteiger partial charge in [-0.2, -0.15) is 0 Å². The fourth-order valence-corrected chi connectivity index (χ4v) is 9.63. The topological polar surface area (TPSA) is 145 Å². The van der Waals surface area contributed by atoms with Gasteiger partial charge in [0.2, 0.25) is 11.2 Å². The Morgan fingerprint density at radius 1 is 0.792 bits per heavy atom. The summed E-state index contributed by atoms with van der Waals surface area (Å²) < 4.78 is 36.8. The van der Waals surface area contributed by atoms with Crippen LogP contribution in [-0.2, 0) is 43.5 Å². The summed E-state index contributed by atoms with van der Waals surface area (Å²) in [6.07, 6.45) is -1.32. The zero-order valence-electron chi connectivity index (χ0n) is 28.7. The molecule has 2 aromatic rings. The molecule has 4 fully saturated rings. The Morgan fingerprint density at radius 2 is 1.31 bits per heavy atom. The van der Waals surface area contributed by atoms with Crippen LogP contribution in [0.15, 0.2) is 21.3 Å². The van der Waals surface area contributed by atoms with E-state index >= 15 is 0 Å². The van der Waals surface area contributed by atoms with Crippen LogP contribution < -0.4 is 10.4 Å². The van der Waals surface area contributed by atoms with E-state index in [1.54, 1.807) is 46.8 Å². The number of halogens is 1. The first-order valence-corrected chi connectivity index (χ1v) is 17.5. The third-order valence-electron chi connectivity index (χ3n) is 13.5. The third kappa shape index (κ3) is 3.62. The number of hydrogen-bond donors (Lipinski definition) is 0. The fourth-order valence-electron chi connectivity index (χ4n) is 8.98. The first-order chi connectivity index (χ1) is 22.2. The molecule has 258 valence electrons. The van der Waals surface area contributed by atoms with Crippen LogP contribution in [0.5, 0.6) is 5.75 Å². The Bertz CT molecular complexity index is 1910. The quantitative estimate of drug-likeness (QED) is 0.157. The predicted octanol–water partition coefficient (Wildman–Crippen LogP) is 5.91. The number of fused-ring (bicyclic) bond motifs is 7. The molecule has 5 aliphatic rings. The van der Waals surface area contributed by atoms with Gasteiger partial charge in [-0.1, -0.05) is 43.6 Å². The number of benzene rings is 1. The van der Waals surface area contributed by atoms with Gasteiger partial charge in [0.15, 0.2) is 12.2 Å². The van der Waals surface area contributed by atoms with Crippen molar-refractivity contribution >= 4 is 50.8 Å². The van der Waals surface area contributed by atoms with E-state index in [4.69, 9.17) is 28.1 Å². The molecule has 0 spiro atoms. The van der Waals surface area contributed by atoms with Crippen LogP contribution >= 0.6 is 15.9 Å². The first kappa shape index (κ1) is 33.1. The maximum Gasteiger partial charge on any atom is 0.351 e. The molecule has 2 aliphatic carbocycles. The molecule has 0 unspecified atom stereocenters. The van der Waals surface area contributed by atoms with Crippen LogP contribution in [-0.4, -0.2) is 46.8 Å². The van der Waals surface area contributed by atoms with Gasteiger partial charge in [0.05, 0.1) is 22.0 Å². The number of rotatable bonds is 5. The van der Waals surface area contributed by atoms with E-state index < -0.39 is 80.2 Å². The number of ether oxygens (including phenoxy) is 5. The van der Waals surface area contributed by atoms with Crippen molar-refractivity contribution in [2.24, 2.45) is 21.7 Å². The minimum Gasteiger partial charge on any atom is -0.483 e. The van der Waals surface area contributed by atoms with Gasteiger partial charge in [0.1, 0.15) is 16.9 Å². The Labute approximate surface area is 286 Å². The number of carbonyl (C=O) groups is 4. The molecule has 0 N–H and O–H groups in total. The van der Waals surface area contributed by atoms with Gasteiger partial charge in [0, 0.05) is 21.5 Å². The first-order valence-electron chi connectivity index (χ1n) is 16.4.